The van der Waals surface area contributed by atoms with Gasteiger partial charge in [0.2, 0.25) is 0 Å². The molecule has 0 radical (unpaired) electrons. The topological polar surface area (TPSA) is 46.0 Å². The molecule has 3 heteroatoms. The predicted octanol–water partition coefficient (Wildman–Crippen LogP) is 2.48. The van der Waals surface area contributed by atoms with Gasteiger partial charge in [0, 0.05) is 18.0 Å². The molecule has 0 aliphatic rings. The third kappa shape index (κ3) is 2.34. The Morgan fingerprint density at radius 2 is 1.53 bits per heavy atom. The minimum atomic E-state index is -0.657. The van der Waals surface area contributed by atoms with E-state index in [4.69, 9.17) is 0 Å². The first kappa shape index (κ1) is 11.7. The second-order valence-electron chi connectivity index (χ2n) is 4.37. The van der Waals surface area contributed by atoms with Crippen molar-refractivity contribution in [2.75, 3.05) is 0 Å². The molecule has 1 aromatic heterocycles. The molecule has 1 heterocycles. The Bertz CT molecular complexity index is 523. The van der Waals surface area contributed by atoms with Gasteiger partial charge in [-0.25, -0.2) is 9.97 Å². The number of benzene rings is 1. The smallest absolute Gasteiger partial charge is 0.115 e. The fourth-order valence-corrected chi connectivity index (χ4v) is 1.91. The number of hydrogen-bond donors (Lipinski definition) is 1. The molecule has 0 fully saturated rings. The van der Waals surface area contributed by atoms with Crippen LogP contribution in [-0.4, -0.2) is 15.1 Å². The molecule has 1 atom stereocenters. The van der Waals surface area contributed by atoms with Gasteiger partial charge in [0.25, 0.3) is 0 Å². The summed E-state index contributed by atoms with van der Waals surface area (Å²) in [6, 6.07) is 4.13. The Balaban J connectivity index is 2.44. The molecule has 0 spiro atoms. The molecule has 1 aromatic carbocycles. The SMILES string of the molecule is Cc1cc(C)c(C(O)c2cncnc2)cc1C. The first-order valence-corrected chi connectivity index (χ1v) is 5.60. The van der Waals surface area contributed by atoms with Gasteiger partial charge in [-0.3, -0.25) is 0 Å². The lowest BCUT2D eigenvalue weighted by molar-refractivity contribution is 0.218. The van der Waals surface area contributed by atoms with Gasteiger partial charge < -0.3 is 5.11 Å². The fourth-order valence-electron chi connectivity index (χ4n) is 1.91. The maximum atomic E-state index is 10.3. The lowest BCUT2D eigenvalue weighted by Gasteiger charge is -2.15. The molecule has 2 rings (SSSR count). The van der Waals surface area contributed by atoms with Crippen molar-refractivity contribution in [1.82, 2.24) is 9.97 Å². The van der Waals surface area contributed by atoms with Crippen molar-refractivity contribution < 1.29 is 5.11 Å². The van der Waals surface area contributed by atoms with E-state index in [9.17, 15) is 5.11 Å². The number of hydrogen-bond acceptors (Lipinski definition) is 3. The zero-order chi connectivity index (χ0) is 12.4. The minimum absolute atomic E-state index is 0.657. The second kappa shape index (κ2) is 4.63. The van der Waals surface area contributed by atoms with E-state index in [1.165, 1.54) is 17.5 Å². The normalized spacial score (nSPS) is 12.5. The molecular weight excluding hydrogens is 212 g/mol. The maximum Gasteiger partial charge on any atom is 0.115 e. The molecule has 2 aromatic rings. The van der Waals surface area contributed by atoms with Gasteiger partial charge in [-0.05, 0) is 43.0 Å². The van der Waals surface area contributed by atoms with Gasteiger partial charge in [0.05, 0.1) is 0 Å². The van der Waals surface area contributed by atoms with Gasteiger partial charge in [-0.1, -0.05) is 12.1 Å². The summed E-state index contributed by atoms with van der Waals surface area (Å²) in [5.41, 5.74) is 5.15. The van der Waals surface area contributed by atoms with Crippen LogP contribution < -0.4 is 0 Å². The zero-order valence-corrected chi connectivity index (χ0v) is 10.3. The first-order chi connectivity index (χ1) is 8.09. The summed E-state index contributed by atoms with van der Waals surface area (Å²) < 4.78 is 0. The van der Waals surface area contributed by atoms with E-state index in [2.05, 4.69) is 23.0 Å². The van der Waals surface area contributed by atoms with Crippen molar-refractivity contribution in [1.29, 1.82) is 0 Å². The van der Waals surface area contributed by atoms with Crippen molar-refractivity contribution in [2.24, 2.45) is 0 Å². The van der Waals surface area contributed by atoms with Crippen LogP contribution >= 0.6 is 0 Å². The van der Waals surface area contributed by atoms with Crippen LogP contribution in [-0.2, 0) is 0 Å². The molecule has 88 valence electrons. The third-order valence-corrected chi connectivity index (χ3v) is 3.07. The van der Waals surface area contributed by atoms with Gasteiger partial charge in [-0.15, -0.1) is 0 Å². The molecule has 0 amide bonds. The number of aryl methyl sites for hydroxylation is 3. The van der Waals surface area contributed by atoms with Gasteiger partial charge in [0.15, 0.2) is 0 Å². The highest BCUT2D eigenvalue weighted by molar-refractivity contribution is 5.40. The molecule has 0 bridgehead atoms. The molecule has 0 aliphatic heterocycles. The van der Waals surface area contributed by atoms with Gasteiger partial charge in [0.1, 0.15) is 12.4 Å². The summed E-state index contributed by atoms with van der Waals surface area (Å²) in [5, 5.41) is 10.3. The van der Waals surface area contributed by atoms with Crippen LogP contribution in [0.3, 0.4) is 0 Å². The molecule has 0 saturated carbocycles. The van der Waals surface area contributed by atoms with Crippen LogP contribution in [0.1, 0.15) is 33.9 Å². The van der Waals surface area contributed by atoms with E-state index in [1.807, 2.05) is 19.9 Å². The van der Waals surface area contributed by atoms with Crippen LogP contribution in [0.25, 0.3) is 0 Å². The third-order valence-electron chi connectivity index (χ3n) is 3.07. The second-order valence-corrected chi connectivity index (χ2v) is 4.37. The molecule has 0 aliphatic carbocycles. The van der Waals surface area contributed by atoms with E-state index in [1.54, 1.807) is 12.4 Å². The van der Waals surface area contributed by atoms with Crippen LogP contribution in [0.2, 0.25) is 0 Å². The molecule has 1 N–H and O–H groups in total. The Labute approximate surface area is 101 Å². The van der Waals surface area contributed by atoms with Crippen LogP contribution in [0.4, 0.5) is 0 Å². The lowest BCUT2D eigenvalue weighted by Crippen LogP contribution is -2.04. The fraction of sp³-hybridized carbons (Fsp3) is 0.286. The van der Waals surface area contributed by atoms with Crippen LogP contribution in [0.5, 0.6) is 0 Å². The summed E-state index contributed by atoms with van der Waals surface area (Å²) in [7, 11) is 0. The Morgan fingerprint density at radius 1 is 0.941 bits per heavy atom. The number of nitrogens with zero attached hydrogens (tertiary/aromatic N) is 2. The molecule has 0 saturated heterocycles. The van der Waals surface area contributed by atoms with E-state index < -0.39 is 6.10 Å². The Hall–Kier alpha value is -1.74. The molecule has 17 heavy (non-hydrogen) atoms. The van der Waals surface area contributed by atoms with Crippen molar-refractivity contribution in [3.8, 4) is 0 Å². The average Bonchev–Trinajstić information content (AvgIpc) is 2.34. The highest BCUT2D eigenvalue weighted by Gasteiger charge is 2.14. The van der Waals surface area contributed by atoms with Crippen molar-refractivity contribution in [3.63, 3.8) is 0 Å². The highest BCUT2D eigenvalue weighted by atomic mass is 16.3. The number of rotatable bonds is 2. The molecule has 1 unspecified atom stereocenters. The molecular formula is C14H16N2O. The Kier molecular flexibility index (Phi) is 3.20. The van der Waals surface area contributed by atoms with E-state index in [0.717, 1.165) is 16.7 Å². The van der Waals surface area contributed by atoms with E-state index in [0.29, 0.717) is 0 Å². The van der Waals surface area contributed by atoms with Crippen LogP contribution in [0, 0.1) is 20.8 Å². The zero-order valence-electron chi connectivity index (χ0n) is 10.3. The average molecular weight is 228 g/mol. The number of aliphatic hydroxyl groups excluding tert-OH is 1. The summed E-state index contributed by atoms with van der Waals surface area (Å²) in [6.07, 6.45) is 4.10. The number of aromatic nitrogens is 2. The van der Waals surface area contributed by atoms with Crippen molar-refractivity contribution >= 4 is 0 Å². The summed E-state index contributed by atoms with van der Waals surface area (Å²) in [5.74, 6) is 0. The predicted molar refractivity (Wildman–Crippen MR) is 66.7 cm³/mol. The number of aliphatic hydroxyl groups is 1. The maximum absolute atomic E-state index is 10.3. The van der Waals surface area contributed by atoms with Crippen molar-refractivity contribution in [2.45, 2.75) is 26.9 Å². The quantitative estimate of drug-likeness (QED) is 0.859. The summed E-state index contributed by atoms with van der Waals surface area (Å²) in [4.78, 5) is 7.86. The first-order valence-electron chi connectivity index (χ1n) is 5.60. The van der Waals surface area contributed by atoms with Gasteiger partial charge >= 0.3 is 0 Å². The summed E-state index contributed by atoms with van der Waals surface area (Å²) in [6.45, 7) is 6.13. The largest absolute Gasteiger partial charge is 0.384 e. The van der Waals surface area contributed by atoms with E-state index in [-0.39, 0.29) is 0 Å². The minimum Gasteiger partial charge on any atom is -0.384 e. The van der Waals surface area contributed by atoms with Crippen molar-refractivity contribution in [3.05, 3.63) is 58.7 Å². The Morgan fingerprint density at radius 3 is 2.18 bits per heavy atom. The summed E-state index contributed by atoms with van der Waals surface area (Å²) >= 11 is 0. The lowest BCUT2D eigenvalue weighted by atomic mass is 9.95. The molecule has 3 nitrogen and oxygen atoms in total. The van der Waals surface area contributed by atoms with Gasteiger partial charge in [-0.2, -0.15) is 0 Å². The standard InChI is InChI=1S/C14H16N2O/c1-9-4-11(3)13(5-10(9)2)14(17)12-6-15-8-16-7-12/h4-8,14,17H,1-3H3. The van der Waals surface area contributed by atoms with Crippen LogP contribution in [0.15, 0.2) is 30.9 Å². The monoisotopic (exact) mass is 228 g/mol. The van der Waals surface area contributed by atoms with E-state index >= 15 is 0 Å². The highest BCUT2D eigenvalue weighted by Crippen LogP contribution is 2.26.